The van der Waals surface area contributed by atoms with Gasteiger partial charge in [0.25, 0.3) is 0 Å². The van der Waals surface area contributed by atoms with Crippen LogP contribution in [0, 0.1) is 0 Å². The van der Waals surface area contributed by atoms with Crippen molar-refractivity contribution in [2.75, 3.05) is 13.2 Å². The molecule has 0 saturated carbocycles. The summed E-state index contributed by atoms with van der Waals surface area (Å²) in [5.41, 5.74) is 8.37. The number of Topliss-reactive ketones (excluding diaryl/α,β-unsaturated/α-hetero) is 1. The number of hydrogen-bond acceptors (Lipinski definition) is 4. The summed E-state index contributed by atoms with van der Waals surface area (Å²) < 4.78 is 7.61. The van der Waals surface area contributed by atoms with E-state index in [4.69, 9.17) is 10.5 Å². The molecular weight excluding hydrogens is 266 g/mol. The molecule has 0 radical (unpaired) electrons. The summed E-state index contributed by atoms with van der Waals surface area (Å²) >= 11 is 0. The molecule has 0 spiro atoms. The predicted molar refractivity (Wildman–Crippen MR) is 79.1 cm³/mol. The average Bonchev–Trinajstić information content (AvgIpc) is 2.97. The van der Waals surface area contributed by atoms with Crippen molar-refractivity contribution in [3.05, 3.63) is 53.6 Å². The van der Waals surface area contributed by atoms with E-state index in [9.17, 15) is 4.79 Å². The molecule has 0 fully saturated rings. The van der Waals surface area contributed by atoms with Gasteiger partial charge >= 0.3 is 0 Å². The number of rotatable bonds is 5. The van der Waals surface area contributed by atoms with E-state index in [1.807, 2.05) is 22.8 Å². The van der Waals surface area contributed by atoms with Crippen LogP contribution in [-0.2, 0) is 17.7 Å². The Balaban J connectivity index is 1.73. The molecule has 0 bridgehead atoms. The molecule has 0 aliphatic carbocycles. The molecule has 5 nitrogen and oxygen atoms in total. The Kier molecular flexibility index (Phi) is 4.13. The minimum absolute atomic E-state index is 0.00692. The molecule has 2 N–H and O–H groups in total. The van der Waals surface area contributed by atoms with E-state index < -0.39 is 0 Å². The van der Waals surface area contributed by atoms with Gasteiger partial charge in [0.1, 0.15) is 5.69 Å². The van der Waals surface area contributed by atoms with Crippen molar-refractivity contribution >= 4 is 5.78 Å². The third kappa shape index (κ3) is 3.04. The molecular formula is C16H19N3O2. The number of nitrogens with zero attached hydrogens (tertiary/aromatic N) is 2. The molecule has 1 aromatic heterocycles. The molecule has 21 heavy (non-hydrogen) atoms. The molecule has 1 aliphatic rings. The first-order valence-electron chi connectivity index (χ1n) is 7.22. The quantitative estimate of drug-likeness (QED) is 0.849. The largest absolute Gasteiger partial charge is 0.373 e. The number of aromatic nitrogens is 2. The fourth-order valence-electron chi connectivity index (χ4n) is 2.69. The van der Waals surface area contributed by atoms with Crippen molar-refractivity contribution in [1.29, 1.82) is 0 Å². The number of nitrogens with two attached hydrogens (primary N) is 1. The van der Waals surface area contributed by atoms with Crippen LogP contribution in [0.4, 0.5) is 0 Å². The maximum Gasteiger partial charge on any atom is 0.185 e. The first kappa shape index (κ1) is 14.0. The maximum atomic E-state index is 12.4. The topological polar surface area (TPSA) is 70.1 Å². The van der Waals surface area contributed by atoms with Gasteiger partial charge in [-0.25, -0.2) is 4.98 Å². The number of benzene rings is 1. The molecule has 1 aromatic carbocycles. The molecule has 110 valence electrons. The number of fused-ring (bicyclic) bond motifs is 1. The second kappa shape index (κ2) is 6.20. The zero-order valence-corrected chi connectivity index (χ0v) is 11.9. The van der Waals surface area contributed by atoms with Gasteiger partial charge in [0.05, 0.1) is 19.0 Å². The third-order valence-corrected chi connectivity index (χ3v) is 3.77. The van der Waals surface area contributed by atoms with Gasteiger partial charge in [-0.05, 0) is 17.5 Å². The number of carbonyl (C=O) groups excluding carboxylic acids is 1. The molecule has 1 aliphatic heterocycles. The summed E-state index contributed by atoms with van der Waals surface area (Å²) in [6.45, 7) is 1.86. The van der Waals surface area contributed by atoms with Gasteiger partial charge in [-0.15, -0.1) is 0 Å². The van der Waals surface area contributed by atoms with Crippen molar-refractivity contribution in [2.24, 2.45) is 5.73 Å². The lowest BCUT2D eigenvalue weighted by atomic mass is 9.94. The summed E-state index contributed by atoms with van der Waals surface area (Å²) in [6, 6.07) is 8.16. The standard InChI is InChI=1S/C16H19N3O2/c17-6-7-19-10-14(18-11-19)15(20)9-16-13-4-2-1-3-12(13)5-8-21-16/h1-4,10-11,16H,5-9,17H2. The normalized spacial score (nSPS) is 17.5. The van der Waals surface area contributed by atoms with Crippen molar-refractivity contribution in [3.63, 3.8) is 0 Å². The first-order valence-corrected chi connectivity index (χ1v) is 7.22. The summed E-state index contributed by atoms with van der Waals surface area (Å²) in [6.07, 6.45) is 4.48. The van der Waals surface area contributed by atoms with Gasteiger partial charge in [-0.2, -0.15) is 0 Å². The Bertz CT molecular complexity index is 636. The van der Waals surface area contributed by atoms with Crippen LogP contribution in [0.5, 0.6) is 0 Å². The molecule has 0 amide bonds. The molecule has 1 unspecified atom stereocenters. The highest BCUT2D eigenvalue weighted by Crippen LogP contribution is 2.30. The predicted octanol–water partition coefficient (Wildman–Crippen LogP) is 1.73. The summed E-state index contributed by atoms with van der Waals surface area (Å²) in [4.78, 5) is 16.5. The van der Waals surface area contributed by atoms with Crippen LogP contribution in [-0.4, -0.2) is 28.5 Å². The number of ketones is 1. The Morgan fingerprint density at radius 3 is 3.14 bits per heavy atom. The highest BCUT2D eigenvalue weighted by molar-refractivity contribution is 5.94. The molecule has 5 heteroatoms. The van der Waals surface area contributed by atoms with Crippen LogP contribution in [0.3, 0.4) is 0 Å². The minimum atomic E-state index is -0.165. The van der Waals surface area contributed by atoms with Crippen molar-refractivity contribution in [3.8, 4) is 0 Å². The van der Waals surface area contributed by atoms with Crippen LogP contribution in [0.25, 0.3) is 0 Å². The monoisotopic (exact) mass is 285 g/mol. The Labute approximate surface area is 123 Å². The van der Waals surface area contributed by atoms with E-state index in [1.165, 1.54) is 5.56 Å². The zero-order chi connectivity index (χ0) is 14.7. The lowest BCUT2D eigenvalue weighted by Crippen LogP contribution is -2.19. The van der Waals surface area contributed by atoms with Crippen molar-refractivity contribution in [1.82, 2.24) is 9.55 Å². The Hall–Kier alpha value is -1.98. The smallest absolute Gasteiger partial charge is 0.185 e. The van der Waals surface area contributed by atoms with Crippen LogP contribution >= 0.6 is 0 Å². The second-order valence-electron chi connectivity index (χ2n) is 5.22. The summed E-state index contributed by atoms with van der Waals surface area (Å²) in [5.74, 6) is 0.00692. The van der Waals surface area contributed by atoms with E-state index in [2.05, 4.69) is 11.1 Å². The lowest BCUT2D eigenvalue weighted by molar-refractivity contribution is 0.0350. The highest BCUT2D eigenvalue weighted by Gasteiger charge is 2.24. The fourth-order valence-corrected chi connectivity index (χ4v) is 2.69. The van der Waals surface area contributed by atoms with Gasteiger partial charge in [0, 0.05) is 25.7 Å². The minimum Gasteiger partial charge on any atom is -0.373 e. The first-order chi connectivity index (χ1) is 10.3. The highest BCUT2D eigenvalue weighted by atomic mass is 16.5. The zero-order valence-electron chi connectivity index (χ0n) is 11.9. The van der Waals surface area contributed by atoms with Gasteiger partial charge in [0.15, 0.2) is 5.78 Å². The molecule has 1 atom stereocenters. The van der Waals surface area contributed by atoms with Crippen LogP contribution in [0.1, 0.15) is 34.1 Å². The Morgan fingerprint density at radius 1 is 1.43 bits per heavy atom. The van der Waals surface area contributed by atoms with E-state index >= 15 is 0 Å². The fraction of sp³-hybridized carbons (Fsp3) is 0.375. The summed E-state index contributed by atoms with van der Waals surface area (Å²) in [7, 11) is 0. The van der Waals surface area contributed by atoms with Gasteiger partial charge in [-0.1, -0.05) is 24.3 Å². The lowest BCUT2D eigenvalue weighted by Gasteiger charge is -2.25. The van der Waals surface area contributed by atoms with E-state index in [-0.39, 0.29) is 11.9 Å². The number of ether oxygens (including phenoxy) is 1. The summed E-state index contributed by atoms with van der Waals surface area (Å²) in [5, 5.41) is 0. The van der Waals surface area contributed by atoms with E-state index in [0.29, 0.717) is 31.8 Å². The maximum absolute atomic E-state index is 12.4. The van der Waals surface area contributed by atoms with Crippen LogP contribution < -0.4 is 5.73 Å². The number of hydrogen-bond donors (Lipinski definition) is 1. The molecule has 0 saturated heterocycles. The average molecular weight is 285 g/mol. The van der Waals surface area contributed by atoms with Crippen molar-refractivity contribution in [2.45, 2.75) is 25.5 Å². The molecule has 3 rings (SSSR count). The second-order valence-corrected chi connectivity index (χ2v) is 5.22. The van der Waals surface area contributed by atoms with E-state index in [1.54, 1.807) is 12.5 Å². The van der Waals surface area contributed by atoms with Gasteiger partial charge < -0.3 is 15.0 Å². The Morgan fingerprint density at radius 2 is 2.29 bits per heavy atom. The molecule has 2 aromatic rings. The molecule has 2 heterocycles. The van der Waals surface area contributed by atoms with Gasteiger partial charge in [-0.3, -0.25) is 4.79 Å². The van der Waals surface area contributed by atoms with Crippen LogP contribution in [0.15, 0.2) is 36.8 Å². The van der Waals surface area contributed by atoms with Gasteiger partial charge in [0.2, 0.25) is 0 Å². The van der Waals surface area contributed by atoms with Crippen LogP contribution in [0.2, 0.25) is 0 Å². The number of carbonyl (C=O) groups is 1. The van der Waals surface area contributed by atoms with E-state index in [0.717, 1.165) is 12.0 Å². The number of imidazole rings is 1. The van der Waals surface area contributed by atoms with Crippen molar-refractivity contribution < 1.29 is 9.53 Å². The SMILES string of the molecule is NCCn1cnc(C(=O)CC2OCCc3ccccc32)c1. The third-order valence-electron chi connectivity index (χ3n) is 3.77.